The topological polar surface area (TPSA) is 36.3 Å². The van der Waals surface area contributed by atoms with Crippen molar-refractivity contribution in [2.45, 2.75) is 52.6 Å². The minimum atomic E-state index is -0.139. The number of nitrogens with zero attached hydrogens (tertiary/aromatic N) is 4. The van der Waals surface area contributed by atoms with E-state index in [4.69, 9.17) is 40.4 Å². The Morgan fingerprint density at radius 2 is 1.71 bits per heavy atom. The maximum absolute atomic E-state index is 6.98. The molecule has 0 spiro atoms. The Balaban J connectivity index is 1.45. The second-order valence-electron chi connectivity index (χ2n) is 11.4. The Morgan fingerprint density at radius 3 is 2.41 bits per heavy atom. The monoisotopic (exact) mass is 603 g/mol. The summed E-state index contributed by atoms with van der Waals surface area (Å²) >= 11 is 19.4. The molecule has 0 unspecified atom stereocenters. The van der Waals surface area contributed by atoms with Crippen LogP contribution in [0.4, 0.5) is 11.4 Å². The van der Waals surface area contributed by atoms with Crippen LogP contribution in [0.1, 0.15) is 60.1 Å². The standard InChI is InChI=1S/C33H35Cl2N5S/c1-20-12-15-38(16-13-20)29-11-10-25(19-27(29)35)40-32(31(37-33(40)41)28-7-5-6-14-36-28)26-17-22(3)39(23(26)4)30-18-24(34)9-8-21(30)2/h5-11,14,17-20,31-32H,12-13,15-16H2,1-4H3,(H,37,41)/t31-,32+/m1/s1. The number of pyridine rings is 1. The molecule has 0 saturated carbocycles. The number of benzene rings is 2. The van der Waals surface area contributed by atoms with Gasteiger partial charge in [0.25, 0.3) is 0 Å². The van der Waals surface area contributed by atoms with Crippen LogP contribution in [0, 0.1) is 26.7 Å². The van der Waals surface area contributed by atoms with Crippen molar-refractivity contribution in [3.05, 3.63) is 105 Å². The molecule has 0 radical (unpaired) electrons. The number of halogens is 2. The van der Waals surface area contributed by atoms with Gasteiger partial charge in [0.1, 0.15) is 0 Å². The molecule has 5 nitrogen and oxygen atoms in total. The van der Waals surface area contributed by atoms with Gasteiger partial charge < -0.3 is 19.7 Å². The first kappa shape index (κ1) is 28.1. The molecular weight excluding hydrogens is 569 g/mol. The number of aryl methyl sites for hydroxylation is 2. The molecule has 0 bridgehead atoms. The number of anilines is 2. The summed E-state index contributed by atoms with van der Waals surface area (Å²) in [6, 6.07) is 20.4. The highest BCUT2D eigenvalue weighted by molar-refractivity contribution is 7.80. The fraction of sp³-hybridized carbons (Fsp3) is 0.333. The van der Waals surface area contributed by atoms with Crippen molar-refractivity contribution in [1.82, 2.24) is 14.9 Å². The number of thiocarbonyl (C=S) groups is 1. The first-order valence-electron chi connectivity index (χ1n) is 14.2. The van der Waals surface area contributed by atoms with Gasteiger partial charge in [0, 0.05) is 47.1 Å². The van der Waals surface area contributed by atoms with E-state index < -0.39 is 0 Å². The van der Waals surface area contributed by atoms with E-state index in [-0.39, 0.29) is 12.1 Å². The molecule has 2 saturated heterocycles. The number of hydrogen-bond acceptors (Lipinski definition) is 3. The molecule has 2 aromatic heterocycles. The van der Waals surface area contributed by atoms with E-state index in [1.165, 1.54) is 18.4 Å². The van der Waals surface area contributed by atoms with E-state index in [1.54, 1.807) is 0 Å². The smallest absolute Gasteiger partial charge is 0.174 e. The largest absolute Gasteiger partial charge is 0.370 e. The number of rotatable bonds is 5. The maximum atomic E-state index is 6.98. The third kappa shape index (κ3) is 5.22. The molecule has 2 fully saturated rings. The number of aromatic nitrogens is 2. The number of piperidine rings is 1. The van der Waals surface area contributed by atoms with Crippen LogP contribution < -0.4 is 15.1 Å². The summed E-state index contributed by atoms with van der Waals surface area (Å²) in [5, 5.41) is 5.72. The molecule has 4 heterocycles. The third-order valence-electron chi connectivity index (χ3n) is 8.63. The summed E-state index contributed by atoms with van der Waals surface area (Å²) in [7, 11) is 0. The number of nitrogens with one attached hydrogen (secondary N) is 1. The first-order chi connectivity index (χ1) is 19.7. The van der Waals surface area contributed by atoms with Gasteiger partial charge in [-0.3, -0.25) is 4.98 Å². The van der Waals surface area contributed by atoms with Crippen LogP contribution in [0.15, 0.2) is 66.9 Å². The molecule has 0 amide bonds. The SMILES string of the molecule is Cc1ccc(Cl)cc1-n1c(C)cc([C@H]2[C@@H](c3ccccn3)NC(=S)N2c2ccc(N3CCC(C)CC3)c(Cl)c2)c1C. The second-order valence-corrected chi connectivity index (χ2v) is 12.6. The quantitative estimate of drug-likeness (QED) is 0.231. The Morgan fingerprint density at radius 1 is 0.927 bits per heavy atom. The van der Waals surface area contributed by atoms with Crippen LogP contribution in [0.25, 0.3) is 5.69 Å². The van der Waals surface area contributed by atoms with Crippen LogP contribution in [-0.2, 0) is 0 Å². The highest BCUT2D eigenvalue weighted by atomic mass is 35.5. The van der Waals surface area contributed by atoms with Crippen molar-refractivity contribution in [2.24, 2.45) is 5.92 Å². The van der Waals surface area contributed by atoms with Gasteiger partial charge >= 0.3 is 0 Å². The highest BCUT2D eigenvalue weighted by Gasteiger charge is 2.42. The van der Waals surface area contributed by atoms with Crippen LogP contribution in [-0.4, -0.2) is 27.8 Å². The van der Waals surface area contributed by atoms with Gasteiger partial charge in [0.15, 0.2) is 5.11 Å². The molecular formula is C33H35Cl2N5S. The van der Waals surface area contributed by atoms with E-state index in [1.807, 2.05) is 30.5 Å². The van der Waals surface area contributed by atoms with Crippen LogP contribution >= 0.6 is 35.4 Å². The van der Waals surface area contributed by atoms with Crippen molar-refractivity contribution in [1.29, 1.82) is 0 Å². The summed E-state index contributed by atoms with van der Waals surface area (Å²) in [4.78, 5) is 9.35. The lowest BCUT2D eigenvalue weighted by molar-refractivity contribution is 0.438. The van der Waals surface area contributed by atoms with Gasteiger partial charge in [-0.05, 0) is 111 Å². The predicted octanol–water partition coefficient (Wildman–Crippen LogP) is 8.52. The summed E-state index contributed by atoms with van der Waals surface area (Å²) in [5.41, 5.74) is 8.69. The van der Waals surface area contributed by atoms with Crippen molar-refractivity contribution < 1.29 is 0 Å². The van der Waals surface area contributed by atoms with Gasteiger partial charge in [-0.1, -0.05) is 42.3 Å². The van der Waals surface area contributed by atoms with E-state index in [2.05, 4.69) is 83.8 Å². The zero-order valence-corrected chi connectivity index (χ0v) is 26.2. The van der Waals surface area contributed by atoms with Gasteiger partial charge in [-0.15, -0.1) is 0 Å². The maximum Gasteiger partial charge on any atom is 0.174 e. The lowest BCUT2D eigenvalue weighted by atomic mass is 9.96. The van der Waals surface area contributed by atoms with Crippen LogP contribution in [0.3, 0.4) is 0 Å². The molecule has 2 aliphatic heterocycles. The Hall–Kier alpha value is -3.06. The van der Waals surface area contributed by atoms with E-state index in [0.29, 0.717) is 10.1 Å². The Bertz CT molecular complexity index is 1590. The second kappa shape index (κ2) is 11.3. The molecule has 6 rings (SSSR count). The Labute approximate surface area is 258 Å². The van der Waals surface area contributed by atoms with E-state index >= 15 is 0 Å². The minimum Gasteiger partial charge on any atom is -0.370 e. The summed E-state index contributed by atoms with van der Waals surface area (Å²) in [6.07, 6.45) is 4.21. The van der Waals surface area contributed by atoms with Gasteiger partial charge in [0.05, 0.1) is 28.5 Å². The normalized spacial score (nSPS) is 19.6. The third-order valence-corrected chi connectivity index (χ3v) is 9.49. The van der Waals surface area contributed by atoms with Gasteiger partial charge in [0.2, 0.25) is 0 Å². The van der Waals surface area contributed by atoms with Gasteiger partial charge in [-0.2, -0.15) is 0 Å². The molecule has 2 aliphatic rings. The van der Waals surface area contributed by atoms with Crippen molar-refractivity contribution in [3.8, 4) is 5.69 Å². The molecule has 41 heavy (non-hydrogen) atoms. The van der Waals surface area contributed by atoms with E-state index in [0.717, 1.165) is 63.7 Å². The fourth-order valence-corrected chi connectivity index (χ4v) is 7.19. The van der Waals surface area contributed by atoms with Crippen molar-refractivity contribution in [3.63, 3.8) is 0 Å². The lowest BCUT2D eigenvalue weighted by Crippen LogP contribution is -2.33. The molecule has 0 aliphatic carbocycles. The zero-order valence-electron chi connectivity index (χ0n) is 23.9. The molecule has 2 aromatic carbocycles. The highest BCUT2D eigenvalue weighted by Crippen LogP contribution is 2.45. The average molecular weight is 605 g/mol. The molecule has 212 valence electrons. The molecule has 8 heteroatoms. The van der Waals surface area contributed by atoms with E-state index in [9.17, 15) is 0 Å². The van der Waals surface area contributed by atoms with Gasteiger partial charge in [-0.25, -0.2) is 0 Å². The summed E-state index contributed by atoms with van der Waals surface area (Å²) in [5.74, 6) is 0.760. The number of hydrogen-bond donors (Lipinski definition) is 1. The van der Waals surface area contributed by atoms with Crippen molar-refractivity contribution in [2.75, 3.05) is 22.9 Å². The molecule has 4 aromatic rings. The molecule has 2 atom stereocenters. The summed E-state index contributed by atoms with van der Waals surface area (Å²) < 4.78 is 2.29. The average Bonchev–Trinajstić information content (AvgIpc) is 3.45. The summed E-state index contributed by atoms with van der Waals surface area (Å²) in [6.45, 7) is 10.8. The molecule has 1 N–H and O–H groups in total. The minimum absolute atomic E-state index is 0.130. The Kier molecular flexibility index (Phi) is 7.75. The van der Waals surface area contributed by atoms with Crippen LogP contribution in [0.5, 0.6) is 0 Å². The zero-order chi connectivity index (χ0) is 28.8. The lowest BCUT2D eigenvalue weighted by Gasteiger charge is -2.33. The van der Waals surface area contributed by atoms with Crippen LogP contribution in [0.2, 0.25) is 10.0 Å². The predicted molar refractivity (Wildman–Crippen MR) is 175 cm³/mol. The van der Waals surface area contributed by atoms with Crippen molar-refractivity contribution >= 4 is 51.9 Å². The fourth-order valence-electron chi connectivity index (χ4n) is 6.38. The first-order valence-corrected chi connectivity index (χ1v) is 15.4.